The topological polar surface area (TPSA) is 62.5 Å². The van der Waals surface area contributed by atoms with Crippen molar-refractivity contribution in [3.63, 3.8) is 0 Å². The largest absolute Gasteiger partial charge is 0.411 e. The second-order valence-corrected chi connectivity index (χ2v) is 8.42. The maximum Gasteiger partial charge on any atom is 0.277 e. The SMILES string of the molecule is O=C(CSc1nnc(-c2ccc(Cl)cc2)o1)N1CCCC1CN1CCCC1. The van der Waals surface area contributed by atoms with Gasteiger partial charge in [-0.1, -0.05) is 23.4 Å². The molecule has 4 rings (SSSR count). The monoisotopic (exact) mass is 406 g/mol. The van der Waals surface area contributed by atoms with E-state index < -0.39 is 0 Å². The highest BCUT2D eigenvalue weighted by molar-refractivity contribution is 7.99. The molecule has 1 aromatic carbocycles. The van der Waals surface area contributed by atoms with E-state index in [1.807, 2.05) is 17.0 Å². The third-order valence-corrected chi connectivity index (χ3v) is 6.24. The molecular formula is C19H23ClN4O2S. The van der Waals surface area contributed by atoms with Crippen molar-refractivity contribution < 1.29 is 9.21 Å². The van der Waals surface area contributed by atoms with Gasteiger partial charge in [0.15, 0.2) is 0 Å². The fourth-order valence-electron chi connectivity index (χ4n) is 3.80. The molecule has 1 atom stereocenters. The molecule has 0 spiro atoms. The minimum absolute atomic E-state index is 0.160. The standard InChI is InChI=1S/C19H23ClN4O2S/c20-15-7-5-14(6-8-15)18-21-22-19(26-18)27-13-17(25)24-11-3-4-16(24)12-23-9-1-2-10-23/h5-8,16H,1-4,9-13H2. The van der Waals surface area contributed by atoms with Gasteiger partial charge in [-0.15, -0.1) is 10.2 Å². The van der Waals surface area contributed by atoms with Crippen molar-refractivity contribution in [1.29, 1.82) is 0 Å². The molecule has 1 unspecified atom stereocenters. The Labute approximate surface area is 168 Å². The Morgan fingerprint density at radius 1 is 1.15 bits per heavy atom. The summed E-state index contributed by atoms with van der Waals surface area (Å²) in [6.07, 6.45) is 4.76. The zero-order valence-corrected chi connectivity index (χ0v) is 16.7. The van der Waals surface area contributed by atoms with Crippen LogP contribution in [0.5, 0.6) is 0 Å². The van der Waals surface area contributed by atoms with Crippen molar-refractivity contribution in [3.8, 4) is 11.5 Å². The third kappa shape index (κ3) is 4.65. The Morgan fingerprint density at radius 2 is 1.93 bits per heavy atom. The van der Waals surface area contributed by atoms with Gasteiger partial charge in [0.25, 0.3) is 5.22 Å². The summed E-state index contributed by atoms with van der Waals surface area (Å²) in [4.78, 5) is 17.2. The second-order valence-electron chi connectivity index (χ2n) is 7.06. The minimum atomic E-state index is 0.160. The van der Waals surface area contributed by atoms with Crippen LogP contribution in [0.15, 0.2) is 33.9 Å². The fourth-order valence-corrected chi connectivity index (χ4v) is 4.58. The molecule has 27 heavy (non-hydrogen) atoms. The summed E-state index contributed by atoms with van der Waals surface area (Å²) in [6.45, 7) is 4.21. The van der Waals surface area contributed by atoms with Gasteiger partial charge in [0.1, 0.15) is 0 Å². The number of aromatic nitrogens is 2. The van der Waals surface area contributed by atoms with Crippen molar-refractivity contribution in [3.05, 3.63) is 29.3 Å². The number of hydrogen-bond donors (Lipinski definition) is 0. The van der Waals surface area contributed by atoms with Gasteiger partial charge in [0, 0.05) is 29.7 Å². The normalized spacial score (nSPS) is 20.5. The van der Waals surface area contributed by atoms with Crippen LogP contribution in [-0.2, 0) is 4.79 Å². The number of thioether (sulfide) groups is 1. The van der Waals surface area contributed by atoms with Crippen LogP contribution in [0.25, 0.3) is 11.5 Å². The van der Waals surface area contributed by atoms with Gasteiger partial charge in [-0.05, 0) is 63.0 Å². The summed E-state index contributed by atoms with van der Waals surface area (Å²) in [6, 6.07) is 7.59. The van der Waals surface area contributed by atoms with Gasteiger partial charge in [-0.3, -0.25) is 4.79 Å². The van der Waals surface area contributed by atoms with E-state index in [1.54, 1.807) is 12.1 Å². The number of carbonyl (C=O) groups is 1. The molecule has 0 bridgehead atoms. The summed E-state index contributed by atoms with van der Waals surface area (Å²) in [5, 5.41) is 9.19. The quantitative estimate of drug-likeness (QED) is 0.683. The van der Waals surface area contributed by atoms with Gasteiger partial charge in [-0.25, -0.2) is 0 Å². The first kappa shape index (κ1) is 18.8. The Balaban J connectivity index is 1.31. The third-order valence-electron chi connectivity index (χ3n) is 5.18. The molecule has 144 valence electrons. The van der Waals surface area contributed by atoms with E-state index in [-0.39, 0.29) is 5.91 Å². The number of carbonyl (C=O) groups excluding carboxylic acids is 1. The van der Waals surface area contributed by atoms with Gasteiger partial charge in [-0.2, -0.15) is 0 Å². The van der Waals surface area contributed by atoms with Crippen molar-refractivity contribution in [1.82, 2.24) is 20.0 Å². The molecule has 6 nitrogen and oxygen atoms in total. The molecule has 2 fully saturated rings. The molecule has 1 amide bonds. The van der Waals surface area contributed by atoms with Crippen molar-refractivity contribution in [2.75, 3.05) is 31.9 Å². The first-order valence-electron chi connectivity index (χ1n) is 9.43. The van der Waals surface area contributed by atoms with Crippen molar-refractivity contribution in [2.24, 2.45) is 0 Å². The lowest BCUT2D eigenvalue weighted by atomic mass is 10.2. The molecule has 2 saturated heterocycles. The smallest absolute Gasteiger partial charge is 0.277 e. The minimum Gasteiger partial charge on any atom is -0.411 e. The first-order valence-corrected chi connectivity index (χ1v) is 10.8. The molecule has 2 aliphatic rings. The Kier molecular flexibility index (Phi) is 6.00. The molecule has 0 aliphatic carbocycles. The highest BCUT2D eigenvalue weighted by Gasteiger charge is 2.30. The van der Waals surface area contributed by atoms with E-state index in [9.17, 15) is 4.79 Å². The average molecular weight is 407 g/mol. The molecule has 2 aromatic rings. The number of rotatable bonds is 6. The Hall–Kier alpha value is -1.57. The van der Waals surface area contributed by atoms with Crippen LogP contribution in [0.3, 0.4) is 0 Å². The highest BCUT2D eigenvalue weighted by Crippen LogP contribution is 2.26. The van der Waals surface area contributed by atoms with E-state index in [2.05, 4.69) is 15.1 Å². The number of amides is 1. The van der Waals surface area contributed by atoms with Gasteiger partial charge < -0.3 is 14.2 Å². The maximum absolute atomic E-state index is 12.7. The van der Waals surface area contributed by atoms with Gasteiger partial charge in [0.2, 0.25) is 11.8 Å². The van der Waals surface area contributed by atoms with Crippen LogP contribution in [0.1, 0.15) is 25.7 Å². The lowest BCUT2D eigenvalue weighted by Crippen LogP contribution is -2.43. The summed E-state index contributed by atoms with van der Waals surface area (Å²) >= 11 is 7.21. The lowest BCUT2D eigenvalue weighted by Gasteiger charge is -2.28. The first-order chi connectivity index (χ1) is 13.2. The average Bonchev–Trinajstić information content (AvgIpc) is 3.43. The molecule has 8 heteroatoms. The number of nitrogens with zero attached hydrogens (tertiary/aromatic N) is 4. The Morgan fingerprint density at radius 3 is 2.70 bits per heavy atom. The summed E-state index contributed by atoms with van der Waals surface area (Å²) in [5.41, 5.74) is 0.815. The zero-order chi connectivity index (χ0) is 18.6. The zero-order valence-electron chi connectivity index (χ0n) is 15.1. The van der Waals surface area contributed by atoms with Crippen LogP contribution in [0.2, 0.25) is 5.02 Å². The van der Waals surface area contributed by atoms with E-state index in [0.29, 0.717) is 27.9 Å². The van der Waals surface area contributed by atoms with E-state index >= 15 is 0 Å². The van der Waals surface area contributed by atoms with Gasteiger partial charge in [0.05, 0.1) is 5.75 Å². The molecule has 3 heterocycles. The van der Waals surface area contributed by atoms with Crippen LogP contribution < -0.4 is 0 Å². The van der Waals surface area contributed by atoms with Crippen molar-refractivity contribution in [2.45, 2.75) is 36.9 Å². The van der Waals surface area contributed by atoms with E-state index in [0.717, 1.165) is 31.5 Å². The molecule has 0 radical (unpaired) electrons. The van der Waals surface area contributed by atoms with Crippen LogP contribution in [-0.4, -0.2) is 63.9 Å². The summed E-state index contributed by atoms with van der Waals surface area (Å²) in [5.74, 6) is 0.932. The Bertz CT molecular complexity index is 776. The van der Waals surface area contributed by atoms with Crippen molar-refractivity contribution >= 4 is 29.3 Å². The summed E-state index contributed by atoms with van der Waals surface area (Å²) < 4.78 is 5.68. The van der Waals surface area contributed by atoms with Crippen LogP contribution in [0.4, 0.5) is 0 Å². The van der Waals surface area contributed by atoms with Gasteiger partial charge >= 0.3 is 0 Å². The predicted molar refractivity (Wildman–Crippen MR) is 106 cm³/mol. The molecule has 0 saturated carbocycles. The molecular weight excluding hydrogens is 384 g/mol. The fraction of sp³-hybridized carbons (Fsp3) is 0.526. The number of likely N-dealkylation sites (tertiary alicyclic amines) is 2. The summed E-state index contributed by atoms with van der Waals surface area (Å²) in [7, 11) is 0. The van der Waals surface area contributed by atoms with Crippen LogP contribution in [0, 0.1) is 0 Å². The number of hydrogen-bond acceptors (Lipinski definition) is 6. The second kappa shape index (κ2) is 8.63. The van der Waals surface area contributed by atoms with E-state index in [4.69, 9.17) is 16.0 Å². The highest BCUT2D eigenvalue weighted by atomic mass is 35.5. The predicted octanol–water partition coefficient (Wildman–Crippen LogP) is 3.57. The lowest BCUT2D eigenvalue weighted by molar-refractivity contribution is -0.129. The van der Waals surface area contributed by atoms with Crippen LogP contribution >= 0.6 is 23.4 Å². The maximum atomic E-state index is 12.7. The molecule has 2 aliphatic heterocycles. The molecule has 1 aromatic heterocycles. The number of halogens is 1. The van der Waals surface area contributed by atoms with E-state index in [1.165, 1.54) is 37.7 Å². The number of benzene rings is 1. The molecule has 0 N–H and O–H groups in total.